The number of hydrogen-bond acceptors (Lipinski definition) is 8. The first-order valence-electron chi connectivity index (χ1n) is 18.9. The quantitative estimate of drug-likeness (QED) is 0.155. The van der Waals surface area contributed by atoms with Crippen LogP contribution in [0.3, 0.4) is 0 Å². The SMILES string of the molecule is CN1CCN(CC2=C(c3ccc(F)cc3)c3cc(OCCC(=O)OC4CCN(CC5=C(c6ccc(F)cc6)c6cc(F)ccc6OC5)C4)ccc3OC2)CC1. The van der Waals surface area contributed by atoms with E-state index in [9.17, 15) is 18.0 Å². The van der Waals surface area contributed by atoms with E-state index in [4.69, 9.17) is 18.9 Å². The van der Waals surface area contributed by atoms with Crippen LogP contribution in [0.2, 0.25) is 0 Å². The van der Waals surface area contributed by atoms with Gasteiger partial charge in [-0.2, -0.15) is 0 Å². The largest absolute Gasteiger partial charge is 0.493 e. The van der Waals surface area contributed by atoms with Gasteiger partial charge in [0.1, 0.15) is 54.0 Å². The highest BCUT2D eigenvalue weighted by Gasteiger charge is 2.30. The first kappa shape index (κ1) is 36.9. The molecule has 0 radical (unpaired) electrons. The molecule has 55 heavy (non-hydrogen) atoms. The normalized spacial score (nSPS) is 19.1. The van der Waals surface area contributed by atoms with Crippen LogP contribution in [0.25, 0.3) is 11.1 Å². The molecule has 11 heteroatoms. The third-order valence-corrected chi connectivity index (χ3v) is 10.7. The summed E-state index contributed by atoms with van der Waals surface area (Å²) < 4.78 is 66.3. The fraction of sp³-hybridized carbons (Fsp3) is 0.341. The minimum atomic E-state index is -0.376. The number of likely N-dealkylation sites (tertiary alicyclic amines) is 1. The second-order valence-corrected chi connectivity index (χ2v) is 14.7. The molecule has 8 nitrogen and oxygen atoms in total. The molecule has 0 spiro atoms. The third kappa shape index (κ3) is 8.59. The minimum Gasteiger partial charge on any atom is -0.493 e. The number of ether oxygens (including phenoxy) is 4. The molecule has 8 rings (SSSR count). The summed E-state index contributed by atoms with van der Waals surface area (Å²) in [5.74, 6) is 0.564. The molecule has 0 N–H and O–H groups in total. The maximum atomic E-state index is 14.4. The van der Waals surface area contributed by atoms with E-state index >= 15 is 0 Å². The lowest BCUT2D eigenvalue weighted by Gasteiger charge is -2.34. The van der Waals surface area contributed by atoms with Gasteiger partial charge in [0, 0.05) is 63.5 Å². The van der Waals surface area contributed by atoms with Crippen LogP contribution in [0, 0.1) is 17.5 Å². The molecule has 4 aliphatic heterocycles. The van der Waals surface area contributed by atoms with E-state index < -0.39 is 0 Å². The Bertz CT molecular complexity index is 2090. The van der Waals surface area contributed by atoms with Crippen LogP contribution in [0.5, 0.6) is 17.2 Å². The van der Waals surface area contributed by atoms with Gasteiger partial charge >= 0.3 is 5.97 Å². The molecular formula is C44H44F3N3O5. The fourth-order valence-corrected chi connectivity index (χ4v) is 7.88. The van der Waals surface area contributed by atoms with Crippen molar-refractivity contribution in [3.8, 4) is 17.2 Å². The molecule has 2 fully saturated rings. The van der Waals surface area contributed by atoms with Gasteiger partial charge in [0.05, 0.1) is 13.0 Å². The van der Waals surface area contributed by atoms with Crippen molar-refractivity contribution in [3.05, 3.63) is 136 Å². The Balaban J connectivity index is 0.896. The lowest BCUT2D eigenvalue weighted by molar-refractivity contribution is -0.149. The molecule has 4 aromatic rings. The summed E-state index contributed by atoms with van der Waals surface area (Å²) in [6.07, 6.45) is 0.479. The Morgan fingerprint density at radius 3 is 1.89 bits per heavy atom. The Morgan fingerprint density at radius 1 is 0.691 bits per heavy atom. The number of benzene rings is 4. The Morgan fingerprint density at radius 2 is 1.25 bits per heavy atom. The topological polar surface area (TPSA) is 63.7 Å². The first-order chi connectivity index (χ1) is 26.8. The number of rotatable bonds is 11. The van der Waals surface area contributed by atoms with Crippen LogP contribution < -0.4 is 14.2 Å². The zero-order valence-electron chi connectivity index (χ0n) is 30.9. The summed E-state index contributed by atoms with van der Waals surface area (Å²) in [5.41, 5.74) is 7.15. The highest BCUT2D eigenvalue weighted by Crippen LogP contribution is 2.41. The van der Waals surface area contributed by atoms with Crippen molar-refractivity contribution in [2.45, 2.75) is 18.9 Å². The Kier molecular flexibility index (Phi) is 10.9. The molecule has 0 bridgehead atoms. The first-order valence-corrected chi connectivity index (χ1v) is 18.9. The molecule has 0 aliphatic carbocycles. The van der Waals surface area contributed by atoms with Gasteiger partial charge in [-0.05, 0) is 108 Å². The Labute approximate surface area is 319 Å². The number of esters is 1. The van der Waals surface area contributed by atoms with Crippen molar-refractivity contribution in [2.75, 3.05) is 79.2 Å². The Hall–Kier alpha value is -5.10. The molecule has 0 amide bonds. The number of hydrogen-bond donors (Lipinski definition) is 0. The minimum absolute atomic E-state index is 0.0788. The number of piperazine rings is 1. The maximum Gasteiger partial charge on any atom is 0.309 e. The molecule has 4 aliphatic rings. The van der Waals surface area contributed by atoms with Crippen LogP contribution in [0.4, 0.5) is 13.2 Å². The smallest absolute Gasteiger partial charge is 0.309 e. The van der Waals surface area contributed by atoms with E-state index in [-0.39, 0.29) is 42.6 Å². The summed E-state index contributed by atoms with van der Waals surface area (Å²) in [7, 11) is 2.13. The van der Waals surface area contributed by atoms with E-state index in [1.807, 2.05) is 30.3 Å². The van der Waals surface area contributed by atoms with Crippen molar-refractivity contribution in [1.29, 1.82) is 0 Å². The molecular weight excluding hydrogens is 707 g/mol. The lowest BCUT2D eigenvalue weighted by atomic mass is 9.90. The summed E-state index contributed by atoms with van der Waals surface area (Å²) in [5, 5.41) is 0. The van der Waals surface area contributed by atoms with Gasteiger partial charge in [0.2, 0.25) is 0 Å². The van der Waals surface area contributed by atoms with E-state index in [1.54, 1.807) is 18.2 Å². The number of likely N-dealkylation sites (N-methyl/N-ethyl adjacent to an activating group) is 1. The van der Waals surface area contributed by atoms with E-state index in [0.29, 0.717) is 56.3 Å². The summed E-state index contributed by atoms with van der Waals surface area (Å²) in [4.78, 5) is 19.9. The molecule has 4 aromatic carbocycles. The summed E-state index contributed by atoms with van der Waals surface area (Å²) in [6, 6.07) is 22.9. The second kappa shape index (κ2) is 16.3. The van der Waals surface area contributed by atoms with Crippen LogP contribution in [-0.2, 0) is 9.53 Å². The van der Waals surface area contributed by atoms with E-state index in [1.165, 1.54) is 36.4 Å². The van der Waals surface area contributed by atoms with Crippen molar-refractivity contribution < 1.29 is 36.9 Å². The van der Waals surface area contributed by atoms with Crippen molar-refractivity contribution >= 4 is 17.1 Å². The van der Waals surface area contributed by atoms with Crippen LogP contribution in [0.15, 0.2) is 96.1 Å². The van der Waals surface area contributed by atoms with Gasteiger partial charge in [0.25, 0.3) is 0 Å². The highest BCUT2D eigenvalue weighted by molar-refractivity contribution is 5.87. The zero-order chi connectivity index (χ0) is 37.9. The van der Waals surface area contributed by atoms with Crippen molar-refractivity contribution in [3.63, 3.8) is 0 Å². The number of nitrogens with zero attached hydrogens (tertiary/aromatic N) is 3. The predicted molar refractivity (Wildman–Crippen MR) is 204 cm³/mol. The number of carbonyl (C=O) groups is 1. The van der Waals surface area contributed by atoms with Gasteiger partial charge in [0.15, 0.2) is 0 Å². The van der Waals surface area contributed by atoms with Gasteiger partial charge in [-0.3, -0.25) is 14.6 Å². The van der Waals surface area contributed by atoms with Gasteiger partial charge < -0.3 is 23.8 Å². The lowest BCUT2D eigenvalue weighted by Crippen LogP contribution is -2.45. The van der Waals surface area contributed by atoms with Crippen molar-refractivity contribution in [2.24, 2.45) is 0 Å². The van der Waals surface area contributed by atoms with Crippen LogP contribution >= 0.6 is 0 Å². The van der Waals surface area contributed by atoms with E-state index in [2.05, 4.69) is 21.7 Å². The van der Waals surface area contributed by atoms with Crippen LogP contribution in [-0.4, -0.2) is 106 Å². The summed E-state index contributed by atoms with van der Waals surface area (Å²) in [6.45, 7) is 7.38. The molecule has 1 unspecified atom stereocenters. The highest BCUT2D eigenvalue weighted by atomic mass is 19.1. The second-order valence-electron chi connectivity index (χ2n) is 14.7. The van der Waals surface area contributed by atoms with Gasteiger partial charge in [-0.1, -0.05) is 24.3 Å². The molecule has 0 saturated carbocycles. The van der Waals surface area contributed by atoms with Gasteiger partial charge in [-0.25, -0.2) is 13.2 Å². The molecule has 2 saturated heterocycles. The molecule has 0 aromatic heterocycles. The molecule has 4 heterocycles. The average Bonchev–Trinajstić information content (AvgIpc) is 3.62. The van der Waals surface area contributed by atoms with Gasteiger partial charge in [-0.15, -0.1) is 0 Å². The number of fused-ring (bicyclic) bond motifs is 2. The van der Waals surface area contributed by atoms with Crippen molar-refractivity contribution in [1.82, 2.24) is 14.7 Å². The maximum absolute atomic E-state index is 14.4. The number of carbonyl (C=O) groups excluding carboxylic acids is 1. The average molecular weight is 752 g/mol. The zero-order valence-corrected chi connectivity index (χ0v) is 30.9. The predicted octanol–water partition coefficient (Wildman–Crippen LogP) is 6.83. The van der Waals surface area contributed by atoms with Crippen LogP contribution in [0.1, 0.15) is 35.1 Å². The van der Waals surface area contributed by atoms with E-state index in [0.717, 1.165) is 77.5 Å². The fourth-order valence-electron chi connectivity index (χ4n) is 7.88. The number of halogens is 3. The summed E-state index contributed by atoms with van der Waals surface area (Å²) >= 11 is 0. The molecule has 1 atom stereocenters. The monoisotopic (exact) mass is 751 g/mol. The third-order valence-electron chi connectivity index (χ3n) is 10.7. The standard InChI is InChI=1S/C44H44F3N3O5/c1-48-17-19-49(20-18-48)24-31-27-54-41-13-11-36(23-39(41)44(31)30-4-8-34(46)9-5-30)52-21-15-42(51)55-37-14-16-50(26-37)25-32-28-53-40-12-10-35(47)22-38(40)43(32)29-2-6-33(45)7-3-29/h2-13,22-23,37H,14-21,24-28H2,1H3. The molecule has 286 valence electrons.